The Labute approximate surface area is 113 Å². The predicted molar refractivity (Wildman–Crippen MR) is 68.0 cm³/mol. The number of hydrogen-bond donors (Lipinski definition) is 3. The highest BCUT2D eigenvalue weighted by Gasteiger charge is 2.19. The summed E-state index contributed by atoms with van der Waals surface area (Å²) in [5.74, 6) is -1.33. The van der Waals surface area contributed by atoms with Gasteiger partial charge in [-0.3, -0.25) is 4.79 Å². The second kappa shape index (κ2) is 5.11. The number of nitrogens with two attached hydrogens (primary N) is 3. The third kappa shape index (κ3) is 3.33. The molecule has 1 rings (SSSR count). The van der Waals surface area contributed by atoms with Crippen molar-refractivity contribution in [2.45, 2.75) is 4.90 Å². The third-order valence-corrected chi connectivity index (χ3v) is 3.63. The molecule has 0 heterocycles. The molecular formula is C8H8Cl2N4O3S. The number of carbonyl (C=O) groups is 1. The molecule has 98 valence electrons. The summed E-state index contributed by atoms with van der Waals surface area (Å²) in [6.45, 7) is 0. The van der Waals surface area contributed by atoms with E-state index in [1.54, 1.807) is 0 Å². The average molecular weight is 311 g/mol. The molecule has 0 aliphatic carbocycles. The molecule has 0 aliphatic rings. The maximum atomic E-state index is 11.5. The summed E-state index contributed by atoms with van der Waals surface area (Å²) in [6.07, 6.45) is 0. The molecule has 10 heteroatoms. The minimum absolute atomic E-state index is 0.151. The normalized spacial score (nSPS) is 11.1. The smallest absolute Gasteiger partial charge is 0.280 e. The molecule has 7 nitrogen and oxygen atoms in total. The van der Waals surface area contributed by atoms with E-state index in [2.05, 4.69) is 4.99 Å². The number of sulfonamides is 1. The molecule has 0 saturated heterocycles. The van der Waals surface area contributed by atoms with Gasteiger partial charge < -0.3 is 11.5 Å². The van der Waals surface area contributed by atoms with Gasteiger partial charge in [-0.1, -0.05) is 23.2 Å². The Balaban J connectivity index is 3.48. The number of carbonyl (C=O) groups excluding carboxylic acids is 1. The van der Waals surface area contributed by atoms with Gasteiger partial charge in [0.25, 0.3) is 5.91 Å². The summed E-state index contributed by atoms with van der Waals surface area (Å²) in [7, 11) is -4.12. The molecule has 0 unspecified atom stereocenters. The maximum Gasteiger partial charge on any atom is 0.280 e. The minimum atomic E-state index is -4.12. The number of benzene rings is 1. The second-order valence-corrected chi connectivity index (χ2v) is 5.47. The molecule has 0 atom stereocenters. The van der Waals surface area contributed by atoms with Gasteiger partial charge in [0, 0.05) is 5.56 Å². The highest BCUT2D eigenvalue weighted by Crippen LogP contribution is 2.30. The van der Waals surface area contributed by atoms with Gasteiger partial charge in [0.05, 0.1) is 10.0 Å². The van der Waals surface area contributed by atoms with E-state index in [0.29, 0.717) is 0 Å². The van der Waals surface area contributed by atoms with E-state index in [4.69, 9.17) is 39.8 Å². The number of hydrogen-bond acceptors (Lipinski definition) is 3. The zero-order chi connectivity index (χ0) is 14.1. The molecule has 0 radical (unpaired) electrons. The Bertz CT molecular complexity index is 638. The van der Waals surface area contributed by atoms with Crippen LogP contribution in [-0.2, 0) is 10.0 Å². The van der Waals surface area contributed by atoms with Gasteiger partial charge in [-0.05, 0) is 12.1 Å². The van der Waals surface area contributed by atoms with E-state index in [1.807, 2.05) is 0 Å². The predicted octanol–water partition coefficient (Wildman–Crippen LogP) is 0.0544. The van der Waals surface area contributed by atoms with Gasteiger partial charge in [0.1, 0.15) is 4.90 Å². The highest BCUT2D eigenvalue weighted by atomic mass is 35.5. The molecule has 0 fully saturated rings. The van der Waals surface area contributed by atoms with Crippen LogP contribution in [0.4, 0.5) is 0 Å². The van der Waals surface area contributed by atoms with Crippen molar-refractivity contribution < 1.29 is 13.2 Å². The molecule has 0 aliphatic heterocycles. The van der Waals surface area contributed by atoms with Crippen LogP contribution in [0.1, 0.15) is 10.4 Å². The van der Waals surface area contributed by atoms with E-state index >= 15 is 0 Å². The zero-order valence-corrected chi connectivity index (χ0v) is 11.1. The topological polar surface area (TPSA) is 142 Å². The van der Waals surface area contributed by atoms with Crippen molar-refractivity contribution in [3.05, 3.63) is 27.7 Å². The van der Waals surface area contributed by atoms with Gasteiger partial charge in [-0.2, -0.15) is 4.99 Å². The van der Waals surface area contributed by atoms with Gasteiger partial charge in [-0.15, -0.1) is 0 Å². The molecule has 0 saturated carbocycles. The van der Waals surface area contributed by atoms with Gasteiger partial charge in [0.15, 0.2) is 5.96 Å². The molecule has 1 aromatic carbocycles. The molecule has 0 aromatic heterocycles. The molecule has 6 N–H and O–H groups in total. The number of guanidine groups is 1. The van der Waals surface area contributed by atoms with E-state index in [9.17, 15) is 13.2 Å². The molecule has 1 aromatic rings. The van der Waals surface area contributed by atoms with Crippen molar-refractivity contribution in [2.75, 3.05) is 0 Å². The second-order valence-electron chi connectivity index (χ2n) is 3.16. The summed E-state index contributed by atoms with van der Waals surface area (Å²) in [6, 6.07) is 2.08. The third-order valence-electron chi connectivity index (χ3n) is 1.78. The lowest BCUT2D eigenvalue weighted by molar-refractivity contribution is 0.100. The van der Waals surface area contributed by atoms with Crippen LogP contribution in [-0.4, -0.2) is 20.3 Å². The quantitative estimate of drug-likeness (QED) is 0.522. The Morgan fingerprint density at radius 1 is 1.22 bits per heavy atom. The lowest BCUT2D eigenvalue weighted by Crippen LogP contribution is -2.24. The van der Waals surface area contributed by atoms with Crippen molar-refractivity contribution in [1.82, 2.24) is 0 Å². The maximum absolute atomic E-state index is 11.5. The average Bonchev–Trinajstić information content (AvgIpc) is 2.18. The summed E-state index contributed by atoms with van der Waals surface area (Å²) in [5.41, 5.74) is 9.90. The highest BCUT2D eigenvalue weighted by molar-refractivity contribution is 7.89. The van der Waals surface area contributed by atoms with E-state index in [1.165, 1.54) is 0 Å². The van der Waals surface area contributed by atoms with Gasteiger partial charge in [-0.25, -0.2) is 13.6 Å². The Kier molecular flexibility index (Phi) is 4.17. The molecular weight excluding hydrogens is 303 g/mol. The number of nitrogens with zero attached hydrogens (tertiary/aromatic N) is 1. The Morgan fingerprint density at radius 2 is 1.78 bits per heavy atom. The first-order valence-electron chi connectivity index (χ1n) is 4.28. The van der Waals surface area contributed by atoms with Crippen LogP contribution in [0.15, 0.2) is 22.0 Å². The first kappa shape index (κ1) is 14.7. The van der Waals surface area contributed by atoms with Crippen LogP contribution in [0.5, 0.6) is 0 Å². The molecule has 18 heavy (non-hydrogen) atoms. The van der Waals surface area contributed by atoms with Crippen molar-refractivity contribution in [2.24, 2.45) is 21.6 Å². The van der Waals surface area contributed by atoms with Crippen LogP contribution in [0.3, 0.4) is 0 Å². The molecule has 0 bridgehead atoms. The van der Waals surface area contributed by atoms with Crippen molar-refractivity contribution in [1.29, 1.82) is 0 Å². The number of halogens is 2. The largest absolute Gasteiger partial charge is 0.370 e. The van der Waals surface area contributed by atoms with Crippen LogP contribution in [0.25, 0.3) is 0 Å². The van der Waals surface area contributed by atoms with Gasteiger partial charge in [0.2, 0.25) is 10.0 Å². The number of primary sulfonamides is 1. The summed E-state index contributed by atoms with van der Waals surface area (Å²) < 4.78 is 22.5. The van der Waals surface area contributed by atoms with E-state index < -0.39 is 26.8 Å². The fraction of sp³-hybridized carbons (Fsp3) is 0. The van der Waals surface area contributed by atoms with E-state index in [0.717, 1.165) is 12.1 Å². The minimum Gasteiger partial charge on any atom is -0.370 e. The van der Waals surface area contributed by atoms with Crippen LogP contribution < -0.4 is 16.6 Å². The van der Waals surface area contributed by atoms with Crippen LogP contribution in [0.2, 0.25) is 10.0 Å². The van der Waals surface area contributed by atoms with Gasteiger partial charge >= 0.3 is 0 Å². The Morgan fingerprint density at radius 3 is 2.22 bits per heavy atom. The van der Waals surface area contributed by atoms with Crippen molar-refractivity contribution in [3.8, 4) is 0 Å². The van der Waals surface area contributed by atoms with Crippen LogP contribution in [0, 0.1) is 0 Å². The fourth-order valence-corrected chi connectivity index (χ4v) is 2.43. The number of aliphatic imine (C=N–C) groups is 1. The van der Waals surface area contributed by atoms with Crippen molar-refractivity contribution >= 4 is 45.1 Å². The summed E-state index contributed by atoms with van der Waals surface area (Å²) in [5, 5.41) is 4.50. The number of amides is 1. The Hall–Kier alpha value is -1.35. The molecule has 1 amide bonds. The fourth-order valence-electron chi connectivity index (χ4n) is 1.08. The monoisotopic (exact) mass is 310 g/mol. The lowest BCUT2D eigenvalue weighted by atomic mass is 10.2. The summed E-state index contributed by atoms with van der Waals surface area (Å²) in [4.78, 5) is 14.3. The SMILES string of the molecule is NC(N)=NC(=O)c1cc(Cl)c(Cl)c(S(N)(=O)=O)c1. The first-order valence-corrected chi connectivity index (χ1v) is 6.59. The summed E-state index contributed by atoms with van der Waals surface area (Å²) >= 11 is 11.4. The standard InChI is InChI=1S/C8H8Cl2N4O3S/c9-4-1-3(7(15)14-8(11)12)2-5(6(4)10)18(13,16)17/h1-2H,(H2,13,16,17)(H4,11,12,14,15). The van der Waals surface area contributed by atoms with Crippen molar-refractivity contribution in [3.63, 3.8) is 0 Å². The zero-order valence-electron chi connectivity index (χ0n) is 8.72. The first-order chi connectivity index (χ1) is 8.12. The van der Waals surface area contributed by atoms with Crippen LogP contribution >= 0.6 is 23.2 Å². The molecule has 0 spiro atoms. The number of rotatable bonds is 2. The van der Waals surface area contributed by atoms with E-state index in [-0.39, 0.29) is 15.6 Å². The lowest BCUT2D eigenvalue weighted by Gasteiger charge is -2.06.